The van der Waals surface area contributed by atoms with Gasteiger partial charge in [-0.25, -0.2) is 0 Å². The van der Waals surface area contributed by atoms with Gasteiger partial charge in [0, 0.05) is 50.1 Å². The minimum Gasteiger partial charge on any atom is -0.484 e. The Morgan fingerprint density at radius 1 is 1.14 bits per heavy atom. The van der Waals surface area contributed by atoms with Crippen molar-refractivity contribution in [2.75, 3.05) is 37.5 Å². The van der Waals surface area contributed by atoms with Crippen LogP contribution in [0.2, 0.25) is 0 Å². The van der Waals surface area contributed by atoms with Gasteiger partial charge < -0.3 is 19.9 Å². The average Bonchev–Trinajstić information content (AvgIpc) is 3.12. The molecule has 1 saturated heterocycles. The molecule has 7 heteroatoms. The molecule has 1 heterocycles. The molecule has 1 fully saturated rings. The Balaban J connectivity index is 1.58. The Kier molecular flexibility index (Phi) is 5.93. The topological polar surface area (TPSA) is 79.0 Å². The number of carbonyl (C=O) groups is 3. The van der Waals surface area contributed by atoms with Crippen molar-refractivity contribution in [2.24, 2.45) is 0 Å². The Labute approximate surface area is 163 Å². The molecule has 0 saturated carbocycles. The average molecular weight is 381 g/mol. The third-order valence-electron chi connectivity index (χ3n) is 4.37. The molecule has 0 atom stereocenters. The predicted octanol–water partition coefficient (Wildman–Crippen LogP) is 2.53. The number of hydrogen-bond acceptors (Lipinski definition) is 4. The summed E-state index contributed by atoms with van der Waals surface area (Å²) in [5.41, 5.74) is 1.79. The lowest BCUT2D eigenvalue weighted by molar-refractivity contribution is -0.118. The van der Waals surface area contributed by atoms with Crippen molar-refractivity contribution in [3.05, 3.63) is 54.1 Å². The summed E-state index contributed by atoms with van der Waals surface area (Å²) < 4.78 is 5.57. The van der Waals surface area contributed by atoms with Crippen LogP contribution < -0.4 is 15.0 Å². The lowest BCUT2D eigenvalue weighted by Crippen LogP contribution is -2.24. The molecule has 7 nitrogen and oxygen atoms in total. The molecule has 1 aliphatic heterocycles. The SMILES string of the molecule is CN(C)C(=O)c1cccc(NC(=O)COc2cccc(N3CCCC3=O)c2)c1. The summed E-state index contributed by atoms with van der Waals surface area (Å²) in [6, 6.07) is 13.9. The number of nitrogens with zero attached hydrogens (tertiary/aromatic N) is 2. The number of nitrogens with one attached hydrogen (secondary N) is 1. The van der Waals surface area contributed by atoms with E-state index in [0.29, 0.717) is 30.0 Å². The zero-order valence-electron chi connectivity index (χ0n) is 16.0. The van der Waals surface area contributed by atoms with E-state index >= 15 is 0 Å². The van der Waals surface area contributed by atoms with Crippen LogP contribution in [0.3, 0.4) is 0 Å². The molecule has 0 spiro atoms. The first kappa shape index (κ1) is 19.4. The van der Waals surface area contributed by atoms with E-state index in [2.05, 4.69) is 5.32 Å². The summed E-state index contributed by atoms with van der Waals surface area (Å²) in [6.45, 7) is 0.522. The van der Waals surface area contributed by atoms with Gasteiger partial charge in [-0.15, -0.1) is 0 Å². The number of ether oxygens (including phenoxy) is 1. The summed E-state index contributed by atoms with van der Waals surface area (Å²) in [5, 5.41) is 2.72. The van der Waals surface area contributed by atoms with Crippen LogP contribution in [0, 0.1) is 0 Å². The first-order valence-corrected chi connectivity index (χ1v) is 9.09. The maximum absolute atomic E-state index is 12.2. The van der Waals surface area contributed by atoms with E-state index in [4.69, 9.17) is 4.74 Å². The van der Waals surface area contributed by atoms with Gasteiger partial charge in [-0.2, -0.15) is 0 Å². The standard InChI is InChI=1S/C21H23N3O4/c1-23(2)21(27)15-6-3-7-16(12-15)22-19(25)14-28-18-9-4-8-17(13-18)24-11-5-10-20(24)26/h3-4,6-9,12-13H,5,10-11,14H2,1-2H3,(H,22,25). The fraction of sp³-hybridized carbons (Fsp3) is 0.286. The molecule has 3 rings (SSSR count). The summed E-state index contributed by atoms with van der Waals surface area (Å²) in [5.74, 6) is 0.142. The third kappa shape index (κ3) is 4.68. The Bertz CT molecular complexity index is 895. The molecule has 0 unspecified atom stereocenters. The first-order chi connectivity index (χ1) is 13.4. The predicted molar refractivity (Wildman–Crippen MR) is 107 cm³/mol. The molecule has 0 aromatic heterocycles. The van der Waals surface area contributed by atoms with Gasteiger partial charge in [0.1, 0.15) is 5.75 Å². The molecule has 146 valence electrons. The highest BCUT2D eigenvalue weighted by molar-refractivity contribution is 5.97. The zero-order valence-corrected chi connectivity index (χ0v) is 16.0. The Morgan fingerprint density at radius 3 is 2.64 bits per heavy atom. The molecule has 28 heavy (non-hydrogen) atoms. The van der Waals surface area contributed by atoms with Gasteiger partial charge in [0.2, 0.25) is 5.91 Å². The molecule has 0 aliphatic carbocycles. The second kappa shape index (κ2) is 8.56. The normalized spacial score (nSPS) is 13.4. The van der Waals surface area contributed by atoms with E-state index in [9.17, 15) is 14.4 Å². The second-order valence-electron chi connectivity index (χ2n) is 6.76. The van der Waals surface area contributed by atoms with E-state index in [-0.39, 0.29) is 24.3 Å². The van der Waals surface area contributed by atoms with Crippen LogP contribution in [0.5, 0.6) is 5.75 Å². The number of anilines is 2. The number of hydrogen-bond donors (Lipinski definition) is 1. The van der Waals surface area contributed by atoms with Crippen LogP contribution in [0.1, 0.15) is 23.2 Å². The number of amides is 3. The number of carbonyl (C=O) groups excluding carboxylic acids is 3. The van der Waals surface area contributed by atoms with E-state index in [1.54, 1.807) is 61.5 Å². The number of benzene rings is 2. The van der Waals surface area contributed by atoms with Crippen molar-refractivity contribution < 1.29 is 19.1 Å². The zero-order chi connectivity index (χ0) is 20.1. The fourth-order valence-corrected chi connectivity index (χ4v) is 3.00. The van der Waals surface area contributed by atoms with Crippen LogP contribution >= 0.6 is 0 Å². The molecule has 1 aliphatic rings. The molecule has 3 amide bonds. The van der Waals surface area contributed by atoms with Gasteiger partial charge in [0.25, 0.3) is 11.8 Å². The van der Waals surface area contributed by atoms with E-state index in [1.165, 1.54) is 4.90 Å². The van der Waals surface area contributed by atoms with Gasteiger partial charge in [0.05, 0.1) is 0 Å². The summed E-state index contributed by atoms with van der Waals surface area (Å²) >= 11 is 0. The first-order valence-electron chi connectivity index (χ1n) is 9.09. The highest BCUT2D eigenvalue weighted by Gasteiger charge is 2.21. The highest BCUT2D eigenvalue weighted by Crippen LogP contribution is 2.25. The van der Waals surface area contributed by atoms with Crippen molar-refractivity contribution in [1.82, 2.24) is 4.90 Å². The lowest BCUT2D eigenvalue weighted by Gasteiger charge is -2.16. The van der Waals surface area contributed by atoms with Crippen molar-refractivity contribution in [3.63, 3.8) is 0 Å². The minimum atomic E-state index is -0.336. The second-order valence-corrected chi connectivity index (χ2v) is 6.76. The van der Waals surface area contributed by atoms with Crippen molar-refractivity contribution in [1.29, 1.82) is 0 Å². The third-order valence-corrected chi connectivity index (χ3v) is 4.37. The monoisotopic (exact) mass is 381 g/mol. The van der Waals surface area contributed by atoms with Gasteiger partial charge in [-0.1, -0.05) is 12.1 Å². The van der Waals surface area contributed by atoms with Crippen LogP contribution in [0.15, 0.2) is 48.5 Å². The van der Waals surface area contributed by atoms with Crippen molar-refractivity contribution >= 4 is 29.1 Å². The van der Waals surface area contributed by atoms with Crippen LogP contribution in [0.25, 0.3) is 0 Å². The van der Waals surface area contributed by atoms with E-state index < -0.39 is 0 Å². The van der Waals surface area contributed by atoms with Crippen molar-refractivity contribution in [2.45, 2.75) is 12.8 Å². The van der Waals surface area contributed by atoms with Gasteiger partial charge in [0.15, 0.2) is 6.61 Å². The summed E-state index contributed by atoms with van der Waals surface area (Å²) in [4.78, 5) is 39.3. The lowest BCUT2D eigenvalue weighted by atomic mass is 10.2. The minimum absolute atomic E-state index is 0.0991. The quantitative estimate of drug-likeness (QED) is 0.834. The number of rotatable bonds is 6. The molecule has 2 aromatic rings. The van der Waals surface area contributed by atoms with Crippen LogP contribution in [0.4, 0.5) is 11.4 Å². The largest absolute Gasteiger partial charge is 0.484 e. The smallest absolute Gasteiger partial charge is 0.262 e. The summed E-state index contributed by atoms with van der Waals surface area (Å²) in [7, 11) is 3.34. The Morgan fingerprint density at radius 2 is 1.93 bits per heavy atom. The Hall–Kier alpha value is -3.35. The van der Waals surface area contributed by atoms with Crippen LogP contribution in [-0.2, 0) is 9.59 Å². The molecular weight excluding hydrogens is 358 g/mol. The summed E-state index contributed by atoms with van der Waals surface area (Å²) in [6.07, 6.45) is 1.41. The molecule has 2 aromatic carbocycles. The fourth-order valence-electron chi connectivity index (χ4n) is 3.00. The van der Waals surface area contributed by atoms with Gasteiger partial charge in [-0.05, 0) is 36.8 Å². The van der Waals surface area contributed by atoms with E-state index in [1.807, 2.05) is 6.07 Å². The molecular formula is C21H23N3O4. The molecule has 0 bridgehead atoms. The van der Waals surface area contributed by atoms with Crippen LogP contribution in [-0.4, -0.2) is 49.9 Å². The van der Waals surface area contributed by atoms with Gasteiger partial charge in [-0.3, -0.25) is 14.4 Å². The van der Waals surface area contributed by atoms with E-state index in [0.717, 1.165) is 12.1 Å². The van der Waals surface area contributed by atoms with Crippen molar-refractivity contribution in [3.8, 4) is 5.75 Å². The highest BCUT2D eigenvalue weighted by atomic mass is 16.5. The molecule has 1 N–H and O–H groups in total. The maximum atomic E-state index is 12.2. The molecule has 0 radical (unpaired) electrons. The maximum Gasteiger partial charge on any atom is 0.262 e. The van der Waals surface area contributed by atoms with Gasteiger partial charge >= 0.3 is 0 Å².